The average molecular weight is 316 g/mol. The van der Waals surface area contributed by atoms with Crippen LogP contribution in [0.1, 0.15) is 25.6 Å². The minimum atomic E-state index is -0.572. The van der Waals surface area contributed by atoms with E-state index in [-0.39, 0.29) is 18.0 Å². The number of halogens is 1. The first-order valence-corrected chi connectivity index (χ1v) is 8.14. The molecule has 0 saturated carbocycles. The van der Waals surface area contributed by atoms with Gasteiger partial charge in [0.15, 0.2) is 0 Å². The first kappa shape index (κ1) is 14.9. The Morgan fingerprint density at radius 2 is 2.00 bits per heavy atom. The lowest BCUT2D eigenvalue weighted by Crippen LogP contribution is -2.26. The summed E-state index contributed by atoms with van der Waals surface area (Å²) >= 11 is 1.46. The SMILES string of the molecule is CC(C)c1nc2scc(-c3ccccc3)c2c(=O)n1CCF. The van der Waals surface area contributed by atoms with Crippen LogP contribution in [-0.2, 0) is 6.54 Å². The fourth-order valence-corrected chi connectivity index (χ4v) is 3.56. The van der Waals surface area contributed by atoms with Crippen LogP contribution in [0, 0.1) is 0 Å². The van der Waals surface area contributed by atoms with E-state index in [1.807, 2.05) is 49.6 Å². The Labute approximate surface area is 132 Å². The fraction of sp³-hybridized carbons (Fsp3) is 0.294. The van der Waals surface area contributed by atoms with E-state index in [0.29, 0.717) is 11.2 Å². The predicted molar refractivity (Wildman–Crippen MR) is 89.4 cm³/mol. The molecule has 2 aromatic heterocycles. The highest BCUT2D eigenvalue weighted by Gasteiger charge is 2.18. The summed E-state index contributed by atoms with van der Waals surface area (Å²) in [6, 6.07) is 9.76. The van der Waals surface area contributed by atoms with Crippen molar-refractivity contribution in [2.24, 2.45) is 0 Å². The van der Waals surface area contributed by atoms with Gasteiger partial charge in [-0.25, -0.2) is 9.37 Å². The van der Waals surface area contributed by atoms with Gasteiger partial charge in [-0.2, -0.15) is 0 Å². The number of nitrogens with zero attached hydrogens (tertiary/aromatic N) is 2. The zero-order valence-electron chi connectivity index (χ0n) is 12.5. The van der Waals surface area contributed by atoms with Gasteiger partial charge in [0.25, 0.3) is 5.56 Å². The molecule has 3 nitrogen and oxygen atoms in total. The number of alkyl halides is 1. The van der Waals surface area contributed by atoms with Crippen molar-refractivity contribution in [2.75, 3.05) is 6.67 Å². The molecular formula is C17H17FN2OS. The molecule has 0 aliphatic heterocycles. The number of benzene rings is 1. The molecule has 0 bridgehead atoms. The molecule has 0 unspecified atom stereocenters. The van der Waals surface area contributed by atoms with E-state index in [2.05, 4.69) is 4.98 Å². The van der Waals surface area contributed by atoms with Gasteiger partial charge < -0.3 is 0 Å². The molecule has 114 valence electrons. The standard InChI is InChI=1S/C17H17FN2OS/c1-11(2)15-19-16-14(17(21)20(15)9-8-18)13(10-22-16)12-6-4-3-5-7-12/h3-7,10-11H,8-9H2,1-2H3. The Kier molecular flexibility index (Phi) is 4.07. The van der Waals surface area contributed by atoms with Crippen LogP contribution in [-0.4, -0.2) is 16.2 Å². The third kappa shape index (κ3) is 2.46. The van der Waals surface area contributed by atoms with Crippen molar-refractivity contribution < 1.29 is 4.39 Å². The predicted octanol–water partition coefficient (Wildman–Crippen LogP) is 4.22. The molecule has 22 heavy (non-hydrogen) atoms. The number of hydrogen-bond donors (Lipinski definition) is 0. The van der Waals surface area contributed by atoms with Gasteiger partial charge in [-0.1, -0.05) is 44.2 Å². The Morgan fingerprint density at radius 1 is 1.27 bits per heavy atom. The molecule has 0 aliphatic rings. The van der Waals surface area contributed by atoms with Crippen LogP contribution in [0.3, 0.4) is 0 Å². The van der Waals surface area contributed by atoms with Gasteiger partial charge in [0.2, 0.25) is 0 Å². The minimum Gasteiger partial charge on any atom is -0.293 e. The van der Waals surface area contributed by atoms with Gasteiger partial charge in [0.1, 0.15) is 17.3 Å². The first-order chi connectivity index (χ1) is 10.6. The monoisotopic (exact) mass is 316 g/mol. The van der Waals surface area contributed by atoms with Crippen molar-refractivity contribution >= 4 is 21.6 Å². The number of thiophene rings is 1. The highest BCUT2D eigenvalue weighted by molar-refractivity contribution is 7.17. The van der Waals surface area contributed by atoms with E-state index < -0.39 is 6.67 Å². The van der Waals surface area contributed by atoms with Crippen LogP contribution in [0.2, 0.25) is 0 Å². The Morgan fingerprint density at radius 3 is 2.64 bits per heavy atom. The zero-order valence-corrected chi connectivity index (χ0v) is 13.4. The molecule has 0 aliphatic carbocycles. The normalized spacial score (nSPS) is 11.5. The van der Waals surface area contributed by atoms with Gasteiger partial charge in [-0.3, -0.25) is 9.36 Å². The quantitative estimate of drug-likeness (QED) is 0.722. The lowest BCUT2D eigenvalue weighted by atomic mass is 10.1. The number of hydrogen-bond acceptors (Lipinski definition) is 3. The van der Waals surface area contributed by atoms with Gasteiger partial charge in [-0.05, 0) is 5.56 Å². The van der Waals surface area contributed by atoms with Crippen molar-refractivity contribution in [1.82, 2.24) is 9.55 Å². The topological polar surface area (TPSA) is 34.9 Å². The summed E-state index contributed by atoms with van der Waals surface area (Å²) in [6.07, 6.45) is 0. The highest BCUT2D eigenvalue weighted by Crippen LogP contribution is 2.31. The van der Waals surface area contributed by atoms with Gasteiger partial charge >= 0.3 is 0 Å². The van der Waals surface area contributed by atoms with Crippen molar-refractivity contribution in [2.45, 2.75) is 26.3 Å². The van der Waals surface area contributed by atoms with Crippen LogP contribution in [0.5, 0.6) is 0 Å². The van der Waals surface area contributed by atoms with Crippen molar-refractivity contribution in [3.63, 3.8) is 0 Å². The van der Waals surface area contributed by atoms with Crippen LogP contribution < -0.4 is 5.56 Å². The van der Waals surface area contributed by atoms with Crippen LogP contribution in [0.25, 0.3) is 21.3 Å². The zero-order chi connectivity index (χ0) is 15.7. The number of rotatable bonds is 4. The van der Waals surface area contributed by atoms with E-state index in [9.17, 15) is 9.18 Å². The molecule has 0 saturated heterocycles. The lowest BCUT2D eigenvalue weighted by molar-refractivity contribution is 0.428. The first-order valence-electron chi connectivity index (χ1n) is 7.26. The molecule has 3 rings (SSSR count). The summed E-state index contributed by atoms with van der Waals surface area (Å²) < 4.78 is 14.3. The number of aromatic nitrogens is 2. The van der Waals surface area contributed by atoms with Crippen LogP contribution in [0.4, 0.5) is 4.39 Å². The summed E-state index contributed by atoms with van der Waals surface area (Å²) in [4.78, 5) is 18.2. The van der Waals surface area contributed by atoms with Crippen LogP contribution in [0.15, 0.2) is 40.5 Å². The second-order valence-corrected chi connectivity index (χ2v) is 6.32. The summed E-state index contributed by atoms with van der Waals surface area (Å²) in [5.41, 5.74) is 1.71. The van der Waals surface area contributed by atoms with E-state index >= 15 is 0 Å². The van der Waals surface area contributed by atoms with Crippen LogP contribution >= 0.6 is 11.3 Å². The molecule has 2 heterocycles. The van der Waals surface area contributed by atoms with Gasteiger partial charge in [-0.15, -0.1) is 11.3 Å². The lowest BCUT2D eigenvalue weighted by Gasteiger charge is -2.13. The fourth-order valence-electron chi connectivity index (χ4n) is 2.61. The van der Waals surface area contributed by atoms with Crippen molar-refractivity contribution in [3.8, 4) is 11.1 Å². The van der Waals surface area contributed by atoms with E-state index in [1.165, 1.54) is 15.9 Å². The van der Waals surface area contributed by atoms with E-state index in [1.54, 1.807) is 0 Å². The summed E-state index contributed by atoms with van der Waals surface area (Å²) in [7, 11) is 0. The molecule has 0 N–H and O–H groups in total. The number of fused-ring (bicyclic) bond motifs is 1. The molecule has 0 radical (unpaired) electrons. The Hall–Kier alpha value is -2.01. The maximum atomic E-state index is 12.9. The molecule has 1 aromatic carbocycles. The van der Waals surface area contributed by atoms with Crippen molar-refractivity contribution in [3.05, 3.63) is 51.9 Å². The van der Waals surface area contributed by atoms with E-state index in [4.69, 9.17) is 0 Å². The summed E-state index contributed by atoms with van der Waals surface area (Å²) in [6.45, 7) is 3.42. The Balaban J connectivity index is 2.32. The summed E-state index contributed by atoms with van der Waals surface area (Å²) in [5.74, 6) is 0.725. The molecule has 5 heteroatoms. The third-order valence-corrected chi connectivity index (χ3v) is 4.50. The highest BCUT2D eigenvalue weighted by atomic mass is 32.1. The smallest absolute Gasteiger partial charge is 0.262 e. The molecule has 0 spiro atoms. The molecule has 0 atom stereocenters. The third-order valence-electron chi connectivity index (χ3n) is 3.63. The molecule has 0 amide bonds. The average Bonchev–Trinajstić information content (AvgIpc) is 2.95. The van der Waals surface area contributed by atoms with Gasteiger partial charge in [0.05, 0.1) is 11.9 Å². The summed E-state index contributed by atoms with van der Waals surface area (Å²) in [5, 5.41) is 2.55. The maximum Gasteiger partial charge on any atom is 0.262 e. The Bertz CT molecular complexity index is 852. The maximum absolute atomic E-state index is 12.9. The minimum absolute atomic E-state index is 0.0549. The second kappa shape index (κ2) is 6.01. The molecule has 0 fully saturated rings. The van der Waals surface area contributed by atoms with Gasteiger partial charge in [0, 0.05) is 16.9 Å². The van der Waals surface area contributed by atoms with Crippen molar-refractivity contribution in [1.29, 1.82) is 0 Å². The largest absolute Gasteiger partial charge is 0.293 e. The van der Waals surface area contributed by atoms with E-state index in [0.717, 1.165) is 16.0 Å². The second-order valence-electron chi connectivity index (χ2n) is 5.47. The molecular weight excluding hydrogens is 299 g/mol. The molecule has 3 aromatic rings.